The Kier molecular flexibility index (Phi) is 0.858. The summed E-state index contributed by atoms with van der Waals surface area (Å²) in [5.41, 5.74) is 0.632. The zero-order valence-electron chi connectivity index (χ0n) is 4.79. The third-order valence-corrected chi connectivity index (χ3v) is 1.04. The van der Waals surface area contributed by atoms with Gasteiger partial charge in [0.15, 0.2) is 5.65 Å². The predicted molar refractivity (Wildman–Crippen MR) is 31.3 cm³/mol. The molecule has 0 unspecified atom stereocenters. The van der Waals surface area contributed by atoms with Crippen molar-refractivity contribution in [3.8, 4) is 0 Å². The average Bonchev–Trinajstić information content (AvgIpc) is 2.27. The SMILES string of the molecule is O=c1[nH]c2ncn[c]c2o1. The lowest BCUT2D eigenvalue weighted by molar-refractivity contribution is 0.553. The molecule has 2 aromatic heterocycles. The van der Waals surface area contributed by atoms with Gasteiger partial charge in [-0.25, -0.2) is 14.8 Å². The number of aromatic amines is 1. The van der Waals surface area contributed by atoms with E-state index in [1.807, 2.05) is 0 Å². The van der Waals surface area contributed by atoms with Gasteiger partial charge in [0, 0.05) is 0 Å². The Morgan fingerprint density at radius 1 is 1.70 bits per heavy atom. The minimum absolute atomic E-state index is 0.257. The first kappa shape index (κ1) is 5.16. The summed E-state index contributed by atoms with van der Waals surface area (Å²) in [6.07, 6.45) is 3.75. The largest absolute Gasteiger partial charge is 0.418 e. The molecule has 2 aromatic rings. The Bertz CT molecular complexity index is 366. The molecule has 0 aliphatic carbocycles. The summed E-state index contributed by atoms with van der Waals surface area (Å²) in [4.78, 5) is 20.1. The van der Waals surface area contributed by atoms with Gasteiger partial charge in [-0.05, 0) is 0 Å². The quantitative estimate of drug-likeness (QED) is 0.540. The molecule has 0 bridgehead atoms. The maximum absolute atomic E-state index is 10.5. The number of hydrogen-bond donors (Lipinski definition) is 1. The molecule has 0 aromatic carbocycles. The molecule has 0 spiro atoms. The first-order valence-electron chi connectivity index (χ1n) is 2.58. The zero-order valence-corrected chi connectivity index (χ0v) is 4.79. The Balaban J connectivity index is 3.01. The number of fused-ring (bicyclic) bond motifs is 1. The van der Waals surface area contributed by atoms with E-state index >= 15 is 0 Å². The number of H-pyrrole nitrogens is 1. The maximum Gasteiger partial charge on any atom is 0.418 e. The highest BCUT2D eigenvalue weighted by molar-refractivity contribution is 5.63. The number of hydrogen-bond acceptors (Lipinski definition) is 4. The average molecular weight is 136 g/mol. The number of nitrogens with one attached hydrogen (secondary N) is 1. The molecular formula is C5H2N3O2. The van der Waals surface area contributed by atoms with Crippen LogP contribution in [-0.4, -0.2) is 15.0 Å². The van der Waals surface area contributed by atoms with E-state index in [1.54, 1.807) is 0 Å². The molecule has 0 fully saturated rings. The van der Waals surface area contributed by atoms with Crippen LogP contribution in [0.5, 0.6) is 0 Å². The smallest absolute Gasteiger partial charge is 0.404 e. The van der Waals surface area contributed by atoms with Crippen molar-refractivity contribution in [2.45, 2.75) is 0 Å². The fourth-order valence-electron chi connectivity index (χ4n) is 0.661. The van der Waals surface area contributed by atoms with Gasteiger partial charge >= 0.3 is 5.76 Å². The van der Waals surface area contributed by atoms with Crippen LogP contribution in [0.3, 0.4) is 0 Å². The minimum atomic E-state index is -0.535. The number of oxazole rings is 1. The van der Waals surface area contributed by atoms with Crippen LogP contribution in [0, 0.1) is 6.20 Å². The van der Waals surface area contributed by atoms with Crippen molar-refractivity contribution in [2.24, 2.45) is 0 Å². The first-order chi connectivity index (χ1) is 4.86. The summed E-state index contributed by atoms with van der Waals surface area (Å²) in [6.45, 7) is 0. The van der Waals surface area contributed by atoms with Gasteiger partial charge in [0.25, 0.3) is 0 Å². The molecule has 5 heteroatoms. The second-order valence-corrected chi connectivity index (χ2v) is 1.68. The van der Waals surface area contributed by atoms with E-state index in [0.29, 0.717) is 5.65 Å². The van der Waals surface area contributed by atoms with Crippen LogP contribution in [0.4, 0.5) is 0 Å². The monoisotopic (exact) mass is 136 g/mol. The third-order valence-electron chi connectivity index (χ3n) is 1.04. The summed E-state index contributed by atoms with van der Waals surface area (Å²) in [5, 5.41) is 0. The van der Waals surface area contributed by atoms with Crippen LogP contribution in [0.2, 0.25) is 0 Å². The van der Waals surface area contributed by atoms with Crippen LogP contribution in [0.15, 0.2) is 15.5 Å². The third kappa shape index (κ3) is 0.604. The lowest BCUT2D eigenvalue weighted by Gasteiger charge is -1.77. The van der Waals surface area contributed by atoms with E-state index in [1.165, 1.54) is 6.33 Å². The molecule has 0 saturated heterocycles. The van der Waals surface area contributed by atoms with E-state index in [2.05, 4.69) is 25.6 Å². The first-order valence-corrected chi connectivity index (χ1v) is 2.58. The summed E-state index contributed by atoms with van der Waals surface area (Å²) in [5.74, 6) is -0.535. The molecule has 0 atom stereocenters. The number of aromatic nitrogens is 3. The van der Waals surface area contributed by atoms with Gasteiger partial charge in [0.1, 0.15) is 12.5 Å². The molecule has 0 aliphatic heterocycles. The van der Waals surface area contributed by atoms with E-state index in [0.717, 1.165) is 0 Å². The molecule has 2 heterocycles. The summed E-state index contributed by atoms with van der Waals surface area (Å²) in [7, 11) is 0. The highest BCUT2D eigenvalue weighted by Crippen LogP contribution is 1.99. The van der Waals surface area contributed by atoms with Gasteiger partial charge < -0.3 is 4.42 Å². The van der Waals surface area contributed by atoms with Crippen LogP contribution in [-0.2, 0) is 0 Å². The molecular weight excluding hydrogens is 134 g/mol. The predicted octanol–water partition coefficient (Wildman–Crippen LogP) is -0.289. The molecule has 5 nitrogen and oxygen atoms in total. The molecule has 0 saturated carbocycles. The lowest BCUT2D eigenvalue weighted by atomic mass is 10.6. The van der Waals surface area contributed by atoms with Gasteiger partial charge in [0.2, 0.25) is 5.58 Å². The van der Waals surface area contributed by atoms with Crippen molar-refractivity contribution >= 4 is 11.2 Å². The Labute approximate surface area is 54.7 Å². The highest BCUT2D eigenvalue weighted by Gasteiger charge is 1.98. The molecule has 0 aliphatic rings. The molecule has 0 amide bonds. The highest BCUT2D eigenvalue weighted by atomic mass is 16.4. The Morgan fingerprint density at radius 2 is 2.60 bits per heavy atom. The Morgan fingerprint density at radius 3 is 3.40 bits per heavy atom. The van der Waals surface area contributed by atoms with Gasteiger partial charge in [-0.15, -0.1) is 0 Å². The van der Waals surface area contributed by atoms with Crippen molar-refractivity contribution in [1.82, 2.24) is 15.0 Å². The van der Waals surface area contributed by atoms with Crippen LogP contribution in [0.25, 0.3) is 11.2 Å². The second kappa shape index (κ2) is 1.66. The summed E-state index contributed by atoms with van der Waals surface area (Å²) >= 11 is 0. The van der Waals surface area contributed by atoms with Gasteiger partial charge in [-0.2, -0.15) is 0 Å². The maximum atomic E-state index is 10.5. The normalized spacial score (nSPS) is 10.4. The topological polar surface area (TPSA) is 71.8 Å². The van der Waals surface area contributed by atoms with Gasteiger partial charge in [0.05, 0.1) is 0 Å². The number of rotatable bonds is 0. The van der Waals surface area contributed by atoms with Crippen LogP contribution >= 0.6 is 0 Å². The van der Waals surface area contributed by atoms with E-state index < -0.39 is 5.76 Å². The molecule has 2 rings (SSSR count). The molecule has 1 N–H and O–H groups in total. The van der Waals surface area contributed by atoms with Crippen molar-refractivity contribution < 1.29 is 4.42 Å². The van der Waals surface area contributed by atoms with Crippen molar-refractivity contribution in [2.75, 3.05) is 0 Å². The van der Waals surface area contributed by atoms with Gasteiger partial charge in [-0.3, -0.25) is 4.98 Å². The fraction of sp³-hybridized carbons (Fsp3) is 0. The van der Waals surface area contributed by atoms with Crippen molar-refractivity contribution in [1.29, 1.82) is 0 Å². The van der Waals surface area contributed by atoms with Crippen molar-refractivity contribution in [3.63, 3.8) is 0 Å². The zero-order chi connectivity index (χ0) is 6.97. The molecule has 1 radical (unpaired) electrons. The van der Waals surface area contributed by atoms with Gasteiger partial charge in [-0.1, -0.05) is 0 Å². The molecule has 49 valence electrons. The van der Waals surface area contributed by atoms with Crippen LogP contribution < -0.4 is 5.76 Å². The summed E-state index contributed by atoms with van der Waals surface area (Å²) in [6, 6.07) is 0. The fourth-order valence-corrected chi connectivity index (χ4v) is 0.661. The standard InChI is InChI=1S/C5H2N3O2/c9-5-8-4-3(10-5)1-6-2-7-4/h2H,(H,6,7,8,9). The second-order valence-electron chi connectivity index (χ2n) is 1.68. The molecule has 10 heavy (non-hydrogen) atoms. The Hall–Kier alpha value is -1.65. The summed E-state index contributed by atoms with van der Waals surface area (Å²) < 4.78 is 4.58. The van der Waals surface area contributed by atoms with E-state index in [-0.39, 0.29) is 5.58 Å². The number of nitrogens with zero attached hydrogens (tertiary/aromatic N) is 2. The van der Waals surface area contributed by atoms with Crippen LogP contribution in [0.1, 0.15) is 0 Å². The minimum Gasteiger partial charge on any atom is -0.404 e. The van der Waals surface area contributed by atoms with E-state index in [4.69, 9.17) is 0 Å². The van der Waals surface area contributed by atoms with Crippen molar-refractivity contribution in [3.05, 3.63) is 23.1 Å². The lowest BCUT2D eigenvalue weighted by Crippen LogP contribution is -1.93. The van der Waals surface area contributed by atoms with E-state index in [9.17, 15) is 4.79 Å².